The minimum atomic E-state index is -0.349. The maximum absolute atomic E-state index is 11.4. The summed E-state index contributed by atoms with van der Waals surface area (Å²) in [7, 11) is 0. The van der Waals surface area contributed by atoms with Gasteiger partial charge in [0.25, 0.3) is 5.91 Å². The van der Waals surface area contributed by atoms with Gasteiger partial charge in [0.1, 0.15) is 6.54 Å². The molecule has 0 heterocycles. The third kappa shape index (κ3) is 2.72. The van der Waals surface area contributed by atoms with Crippen LogP contribution in [0.5, 0.6) is 0 Å². The first kappa shape index (κ1) is 11.0. The Morgan fingerprint density at radius 3 is 3.00 bits per heavy atom. The molecule has 1 amide bonds. The molecule has 0 aliphatic carbocycles. The highest BCUT2D eigenvalue weighted by Crippen LogP contribution is 2.20. The second-order valence-electron chi connectivity index (χ2n) is 2.46. The van der Waals surface area contributed by atoms with Crippen molar-refractivity contribution in [1.82, 2.24) is 5.32 Å². The van der Waals surface area contributed by atoms with Crippen molar-refractivity contribution >= 4 is 33.4 Å². The van der Waals surface area contributed by atoms with Crippen LogP contribution < -0.4 is 5.32 Å². The Balaban J connectivity index is 2.90. The Morgan fingerprint density at radius 1 is 1.64 bits per heavy atom. The van der Waals surface area contributed by atoms with Crippen LogP contribution in [0, 0.1) is 11.3 Å². The molecule has 0 aliphatic heterocycles. The van der Waals surface area contributed by atoms with Crippen LogP contribution in [0.15, 0.2) is 22.7 Å². The first-order valence-electron chi connectivity index (χ1n) is 3.75. The predicted molar refractivity (Wildman–Crippen MR) is 57.1 cm³/mol. The number of hydrogen-bond acceptors (Lipinski definition) is 2. The maximum Gasteiger partial charge on any atom is 0.253 e. The molecule has 0 spiro atoms. The molecule has 1 rings (SSSR count). The molecule has 0 aromatic heterocycles. The third-order valence-corrected chi connectivity index (χ3v) is 2.32. The van der Waals surface area contributed by atoms with Gasteiger partial charge in [-0.15, -0.1) is 0 Å². The number of carbonyl (C=O) groups is 1. The number of rotatable bonds is 2. The van der Waals surface area contributed by atoms with Crippen LogP contribution in [-0.2, 0) is 0 Å². The fourth-order valence-electron chi connectivity index (χ4n) is 0.887. The van der Waals surface area contributed by atoms with Crippen molar-refractivity contribution in [3.05, 3.63) is 33.3 Å². The van der Waals surface area contributed by atoms with E-state index in [1.165, 1.54) is 0 Å². The fraction of sp³-hybridized carbons (Fsp3) is 0.111. The number of hydrogen-bond donors (Lipinski definition) is 1. The van der Waals surface area contributed by atoms with Crippen molar-refractivity contribution in [1.29, 1.82) is 5.26 Å². The van der Waals surface area contributed by atoms with Crippen molar-refractivity contribution in [2.45, 2.75) is 0 Å². The van der Waals surface area contributed by atoms with E-state index < -0.39 is 0 Å². The first-order chi connectivity index (χ1) is 6.65. The molecule has 0 bridgehead atoms. The molecule has 1 aromatic rings. The lowest BCUT2D eigenvalue weighted by molar-refractivity contribution is 0.0958. The van der Waals surface area contributed by atoms with Gasteiger partial charge in [-0.05, 0) is 18.2 Å². The van der Waals surface area contributed by atoms with Crippen LogP contribution in [-0.4, -0.2) is 12.5 Å². The van der Waals surface area contributed by atoms with Crippen LogP contribution in [0.25, 0.3) is 0 Å². The van der Waals surface area contributed by atoms with Crippen LogP contribution in [0.3, 0.4) is 0 Å². The Morgan fingerprint density at radius 2 is 2.36 bits per heavy atom. The van der Waals surface area contributed by atoms with E-state index in [0.717, 1.165) is 4.47 Å². The van der Waals surface area contributed by atoms with Gasteiger partial charge >= 0.3 is 0 Å². The number of nitriles is 1. The van der Waals surface area contributed by atoms with Gasteiger partial charge in [0.05, 0.1) is 16.7 Å². The van der Waals surface area contributed by atoms with Crippen LogP contribution in [0.4, 0.5) is 0 Å². The minimum Gasteiger partial charge on any atom is -0.339 e. The number of nitrogens with one attached hydrogen (secondary N) is 1. The molecular formula is C9H6BrClN2O. The molecule has 3 nitrogen and oxygen atoms in total. The SMILES string of the molecule is N#CCNC(=O)c1cc(Br)ccc1Cl. The van der Waals surface area contributed by atoms with Crippen LogP contribution in [0.2, 0.25) is 5.02 Å². The van der Waals surface area contributed by atoms with Crippen molar-refractivity contribution < 1.29 is 4.79 Å². The molecular weight excluding hydrogens is 267 g/mol. The second kappa shape index (κ2) is 4.99. The number of benzene rings is 1. The average molecular weight is 274 g/mol. The molecule has 1 N–H and O–H groups in total. The minimum absolute atomic E-state index is 0.0261. The molecule has 0 unspecified atom stereocenters. The Bertz CT molecular complexity index is 400. The van der Waals surface area contributed by atoms with E-state index in [0.29, 0.717) is 10.6 Å². The van der Waals surface area contributed by atoms with E-state index in [9.17, 15) is 4.79 Å². The normalized spacial score (nSPS) is 9.21. The van der Waals surface area contributed by atoms with E-state index in [1.54, 1.807) is 18.2 Å². The van der Waals surface area contributed by atoms with Crippen molar-refractivity contribution in [3.63, 3.8) is 0 Å². The zero-order valence-electron chi connectivity index (χ0n) is 7.05. The standard InChI is InChI=1S/C9H6BrClN2O/c10-6-1-2-8(11)7(5-6)9(14)13-4-3-12/h1-2,5H,4H2,(H,13,14). The summed E-state index contributed by atoms with van der Waals surface area (Å²) in [6, 6.07) is 6.78. The van der Waals surface area contributed by atoms with Gasteiger partial charge in [-0.25, -0.2) is 0 Å². The van der Waals surface area contributed by atoms with Crippen molar-refractivity contribution in [2.24, 2.45) is 0 Å². The lowest BCUT2D eigenvalue weighted by atomic mass is 10.2. The second-order valence-corrected chi connectivity index (χ2v) is 3.79. The zero-order valence-corrected chi connectivity index (χ0v) is 9.39. The summed E-state index contributed by atoms with van der Waals surface area (Å²) in [5, 5.41) is 11.1. The number of amides is 1. The highest BCUT2D eigenvalue weighted by Gasteiger charge is 2.09. The smallest absolute Gasteiger partial charge is 0.253 e. The van der Waals surface area contributed by atoms with E-state index in [2.05, 4.69) is 21.2 Å². The first-order valence-corrected chi connectivity index (χ1v) is 4.92. The highest BCUT2D eigenvalue weighted by atomic mass is 79.9. The number of carbonyl (C=O) groups excluding carboxylic acids is 1. The Labute approximate surface area is 94.8 Å². The van der Waals surface area contributed by atoms with Gasteiger partial charge < -0.3 is 5.32 Å². The third-order valence-electron chi connectivity index (χ3n) is 1.50. The van der Waals surface area contributed by atoms with Crippen LogP contribution in [0.1, 0.15) is 10.4 Å². The average Bonchev–Trinajstić information content (AvgIpc) is 2.18. The summed E-state index contributed by atoms with van der Waals surface area (Å²) in [6.07, 6.45) is 0. The molecule has 1 aromatic carbocycles. The van der Waals surface area contributed by atoms with E-state index in [4.69, 9.17) is 16.9 Å². The highest BCUT2D eigenvalue weighted by molar-refractivity contribution is 9.10. The summed E-state index contributed by atoms with van der Waals surface area (Å²) in [5.41, 5.74) is 0.358. The summed E-state index contributed by atoms with van der Waals surface area (Å²) in [4.78, 5) is 11.4. The molecule has 14 heavy (non-hydrogen) atoms. The molecule has 5 heteroatoms. The summed E-state index contributed by atoms with van der Waals surface area (Å²) >= 11 is 9.03. The van der Waals surface area contributed by atoms with Gasteiger partial charge in [-0.3, -0.25) is 4.79 Å². The number of halogens is 2. The fourth-order valence-corrected chi connectivity index (χ4v) is 1.45. The summed E-state index contributed by atoms with van der Waals surface area (Å²) in [6.45, 7) is -0.0261. The molecule has 0 radical (unpaired) electrons. The molecule has 0 fully saturated rings. The van der Waals surface area contributed by atoms with E-state index in [-0.39, 0.29) is 12.5 Å². The molecule has 0 atom stereocenters. The van der Waals surface area contributed by atoms with E-state index in [1.807, 2.05) is 6.07 Å². The monoisotopic (exact) mass is 272 g/mol. The predicted octanol–water partition coefficient (Wildman–Crippen LogP) is 2.36. The van der Waals surface area contributed by atoms with Crippen molar-refractivity contribution in [3.8, 4) is 6.07 Å². The summed E-state index contributed by atoms with van der Waals surface area (Å²) in [5.74, 6) is -0.349. The van der Waals surface area contributed by atoms with E-state index >= 15 is 0 Å². The molecule has 0 saturated heterocycles. The van der Waals surface area contributed by atoms with Crippen LogP contribution >= 0.6 is 27.5 Å². The van der Waals surface area contributed by atoms with Gasteiger partial charge in [0.2, 0.25) is 0 Å². The lowest BCUT2D eigenvalue weighted by Gasteiger charge is -2.03. The molecule has 0 aliphatic rings. The van der Waals surface area contributed by atoms with Crippen molar-refractivity contribution in [2.75, 3.05) is 6.54 Å². The maximum atomic E-state index is 11.4. The zero-order chi connectivity index (χ0) is 10.6. The molecule has 0 saturated carbocycles. The molecule has 72 valence electrons. The van der Waals surface area contributed by atoms with Gasteiger partial charge in [0, 0.05) is 4.47 Å². The van der Waals surface area contributed by atoms with Gasteiger partial charge in [-0.1, -0.05) is 27.5 Å². The topological polar surface area (TPSA) is 52.9 Å². The quantitative estimate of drug-likeness (QED) is 0.841. The number of nitrogens with zero attached hydrogens (tertiary/aromatic N) is 1. The summed E-state index contributed by atoms with van der Waals surface area (Å²) < 4.78 is 0.768. The Kier molecular flexibility index (Phi) is 3.93. The Hall–Kier alpha value is -1.05. The van der Waals surface area contributed by atoms with Gasteiger partial charge in [-0.2, -0.15) is 5.26 Å². The van der Waals surface area contributed by atoms with Gasteiger partial charge in [0.15, 0.2) is 0 Å². The largest absolute Gasteiger partial charge is 0.339 e. The lowest BCUT2D eigenvalue weighted by Crippen LogP contribution is -2.23.